The summed E-state index contributed by atoms with van der Waals surface area (Å²) >= 11 is 1.90. The molecule has 0 saturated carbocycles. The third kappa shape index (κ3) is 0.796. The first-order valence-electron chi connectivity index (χ1n) is 3.62. The monoisotopic (exact) mass is 153 g/mol. The highest BCUT2D eigenvalue weighted by molar-refractivity contribution is 7.12. The lowest BCUT2D eigenvalue weighted by molar-refractivity contribution is 0.713. The fourth-order valence-corrected chi connectivity index (χ4v) is 2.66. The van der Waals surface area contributed by atoms with Crippen LogP contribution in [0.5, 0.6) is 0 Å². The van der Waals surface area contributed by atoms with Crippen LogP contribution >= 0.6 is 11.3 Å². The molecule has 2 heteroatoms. The Morgan fingerprint density at radius 2 is 2.50 bits per heavy atom. The second-order valence-corrected chi connectivity index (χ2v) is 4.22. The molecule has 1 heterocycles. The van der Waals surface area contributed by atoms with Gasteiger partial charge in [-0.1, -0.05) is 0 Å². The zero-order valence-electron chi connectivity index (χ0n) is 6.05. The number of nitrogens with two attached hydrogens (primary N) is 1. The molecular formula is C8H11NS. The van der Waals surface area contributed by atoms with Crippen molar-refractivity contribution in [2.24, 2.45) is 5.73 Å². The Morgan fingerprint density at radius 3 is 3.20 bits per heavy atom. The van der Waals surface area contributed by atoms with Crippen LogP contribution in [0.1, 0.15) is 27.8 Å². The van der Waals surface area contributed by atoms with E-state index in [1.807, 2.05) is 11.3 Å². The van der Waals surface area contributed by atoms with Gasteiger partial charge < -0.3 is 5.73 Å². The zero-order chi connectivity index (χ0) is 7.14. The minimum atomic E-state index is 0.333. The number of hydrogen-bond acceptors (Lipinski definition) is 2. The van der Waals surface area contributed by atoms with Crippen LogP contribution in [0.4, 0.5) is 0 Å². The Bertz CT molecular complexity index is 252. The maximum Gasteiger partial charge on any atom is 0.0309 e. The number of aryl methyl sites for hydroxylation is 2. The molecule has 1 aromatic rings. The number of fused-ring (bicyclic) bond motifs is 1. The molecular weight excluding hydrogens is 142 g/mol. The summed E-state index contributed by atoms with van der Waals surface area (Å²) in [6.07, 6.45) is 2.36. The largest absolute Gasteiger partial charge is 0.324 e. The van der Waals surface area contributed by atoms with Gasteiger partial charge in [0, 0.05) is 15.8 Å². The van der Waals surface area contributed by atoms with E-state index in [1.165, 1.54) is 21.7 Å². The van der Waals surface area contributed by atoms with Gasteiger partial charge in [-0.05, 0) is 31.4 Å². The van der Waals surface area contributed by atoms with Crippen LogP contribution in [-0.2, 0) is 6.42 Å². The van der Waals surface area contributed by atoms with Gasteiger partial charge in [-0.3, -0.25) is 0 Å². The zero-order valence-corrected chi connectivity index (χ0v) is 6.87. The molecule has 0 fully saturated rings. The van der Waals surface area contributed by atoms with Gasteiger partial charge in [-0.2, -0.15) is 0 Å². The molecule has 0 saturated heterocycles. The summed E-state index contributed by atoms with van der Waals surface area (Å²) in [5, 5.41) is 0. The predicted molar refractivity (Wildman–Crippen MR) is 44.3 cm³/mol. The highest BCUT2D eigenvalue weighted by Gasteiger charge is 2.20. The van der Waals surface area contributed by atoms with Crippen LogP contribution in [0.25, 0.3) is 0 Å². The molecule has 1 nitrogen and oxygen atoms in total. The molecule has 0 bridgehead atoms. The third-order valence-corrected chi connectivity index (χ3v) is 3.17. The topological polar surface area (TPSA) is 26.0 Å². The van der Waals surface area contributed by atoms with Crippen molar-refractivity contribution in [3.05, 3.63) is 21.4 Å². The molecule has 0 amide bonds. The van der Waals surface area contributed by atoms with E-state index in [1.54, 1.807) is 0 Å². The van der Waals surface area contributed by atoms with Crippen LogP contribution in [-0.4, -0.2) is 0 Å². The molecule has 10 heavy (non-hydrogen) atoms. The summed E-state index contributed by atoms with van der Waals surface area (Å²) in [7, 11) is 0. The number of rotatable bonds is 0. The van der Waals surface area contributed by atoms with Crippen LogP contribution in [0, 0.1) is 6.92 Å². The van der Waals surface area contributed by atoms with Crippen molar-refractivity contribution in [2.75, 3.05) is 0 Å². The average molecular weight is 153 g/mol. The summed E-state index contributed by atoms with van der Waals surface area (Å²) in [6, 6.07) is 2.57. The van der Waals surface area contributed by atoms with E-state index >= 15 is 0 Å². The predicted octanol–water partition coefficient (Wildman–Crippen LogP) is 2.00. The van der Waals surface area contributed by atoms with Gasteiger partial charge in [-0.25, -0.2) is 0 Å². The molecule has 2 rings (SSSR count). The van der Waals surface area contributed by atoms with E-state index in [-0.39, 0.29) is 0 Å². The van der Waals surface area contributed by atoms with Crippen molar-refractivity contribution < 1.29 is 0 Å². The van der Waals surface area contributed by atoms with Gasteiger partial charge in [0.25, 0.3) is 0 Å². The smallest absolute Gasteiger partial charge is 0.0309 e. The van der Waals surface area contributed by atoms with Crippen LogP contribution in [0.2, 0.25) is 0 Å². The second-order valence-electron chi connectivity index (χ2n) is 2.88. The van der Waals surface area contributed by atoms with Crippen molar-refractivity contribution in [1.82, 2.24) is 0 Å². The lowest BCUT2D eigenvalue weighted by Crippen LogP contribution is -2.03. The van der Waals surface area contributed by atoms with E-state index in [0.717, 1.165) is 6.42 Å². The molecule has 0 radical (unpaired) electrons. The molecule has 1 aromatic heterocycles. The molecule has 0 aliphatic heterocycles. The van der Waals surface area contributed by atoms with Gasteiger partial charge in [0.2, 0.25) is 0 Å². The third-order valence-electron chi connectivity index (χ3n) is 2.05. The molecule has 2 N–H and O–H groups in total. The van der Waals surface area contributed by atoms with E-state index in [2.05, 4.69) is 13.0 Å². The summed E-state index contributed by atoms with van der Waals surface area (Å²) < 4.78 is 0. The molecule has 1 atom stereocenters. The molecule has 1 aliphatic carbocycles. The van der Waals surface area contributed by atoms with Crippen molar-refractivity contribution in [2.45, 2.75) is 25.8 Å². The summed E-state index contributed by atoms with van der Waals surface area (Å²) in [5.41, 5.74) is 7.27. The Morgan fingerprint density at radius 1 is 1.70 bits per heavy atom. The summed E-state index contributed by atoms with van der Waals surface area (Å²) in [5.74, 6) is 0. The van der Waals surface area contributed by atoms with Crippen molar-refractivity contribution in [3.8, 4) is 0 Å². The van der Waals surface area contributed by atoms with Crippen molar-refractivity contribution >= 4 is 11.3 Å². The Kier molecular flexibility index (Phi) is 1.32. The molecule has 0 spiro atoms. The SMILES string of the molecule is Cc1cc2c(s1)CC[C@H]2N. The van der Waals surface area contributed by atoms with Crippen molar-refractivity contribution in [1.29, 1.82) is 0 Å². The highest BCUT2D eigenvalue weighted by atomic mass is 32.1. The maximum absolute atomic E-state index is 5.87. The van der Waals surface area contributed by atoms with Crippen molar-refractivity contribution in [3.63, 3.8) is 0 Å². The molecule has 0 unspecified atom stereocenters. The standard InChI is InChI=1S/C8H11NS/c1-5-4-6-7(9)2-3-8(6)10-5/h4,7H,2-3,9H2,1H3/t7-/m1/s1. The van der Waals surface area contributed by atoms with E-state index in [4.69, 9.17) is 5.73 Å². The molecule has 1 aliphatic rings. The lowest BCUT2D eigenvalue weighted by atomic mass is 10.2. The normalized spacial score (nSPS) is 23.2. The average Bonchev–Trinajstić information content (AvgIpc) is 2.35. The number of thiophene rings is 1. The quantitative estimate of drug-likeness (QED) is 0.606. The van der Waals surface area contributed by atoms with Gasteiger partial charge >= 0.3 is 0 Å². The minimum Gasteiger partial charge on any atom is -0.324 e. The van der Waals surface area contributed by atoms with Crippen LogP contribution < -0.4 is 5.73 Å². The Balaban J connectivity index is 2.49. The first-order chi connectivity index (χ1) is 4.77. The maximum atomic E-state index is 5.87. The van der Waals surface area contributed by atoms with Gasteiger partial charge in [-0.15, -0.1) is 11.3 Å². The highest BCUT2D eigenvalue weighted by Crippen LogP contribution is 2.35. The van der Waals surface area contributed by atoms with E-state index < -0.39 is 0 Å². The fraction of sp³-hybridized carbons (Fsp3) is 0.500. The Hall–Kier alpha value is -0.340. The summed E-state index contributed by atoms with van der Waals surface area (Å²) in [4.78, 5) is 2.92. The lowest BCUT2D eigenvalue weighted by Gasteiger charge is -1.97. The van der Waals surface area contributed by atoms with Gasteiger partial charge in [0.15, 0.2) is 0 Å². The first kappa shape index (κ1) is 6.38. The minimum absolute atomic E-state index is 0.333. The first-order valence-corrected chi connectivity index (χ1v) is 4.44. The van der Waals surface area contributed by atoms with Crippen LogP contribution in [0.3, 0.4) is 0 Å². The second kappa shape index (κ2) is 2.07. The Labute approximate surface area is 64.9 Å². The van der Waals surface area contributed by atoms with E-state index in [9.17, 15) is 0 Å². The number of hydrogen-bond donors (Lipinski definition) is 1. The fourth-order valence-electron chi connectivity index (χ4n) is 1.53. The molecule has 0 aromatic carbocycles. The van der Waals surface area contributed by atoms with Gasteiger partial charge in [0.05, 0.1) is 0 Å². The molecule has 54 valence electrons. The summed E-state index contributed by atoms with van der Waals surface area (Å²) in [6.45, 7) is 2.15. The van der Waals surface area contributed by atoms with Gasteiger partial charge in [0.1, 0.15) is 0 Å². The van der Waals surface area contributed by atoms with E-state index in [0.29, 0.717) is 6.04 Å². The van der Waals surface area contributed by atoms with Crippen LogP contribution in [0.15, 0.2) is 6.07 Å².